The van der Waals surface area contributed by atoms with E-state index in [0.717, 1.165) is 6.61 Å². The number of rotatable bonds is 8. The van der Waals surface area contributed by atoms with Crippen LogP contribution in [0.15, 0.2) is 10.2 Å². The molecule has 1 unspecified atom stereocenters. The van der Waals surface area contributed by atoms with Crippen LogP contribution in [0, 0.1) is 5.92 Å². The second kappa shape index (κ2) is 8.34. The second-order valence-electron chi connectivity index (χ2n) is 8.37. The Bertz CT molecular complexity index is 315. The van der Waals surface area contributed by atoms with Crippen LogP contribution in [0.1, 0.15) is 33.6 Å². The molecule has 0 aliphatic heterocycles. The first kappa shape index (κ1) is 21.4. The Labute approximate surface area is 146 Å². The van der Waals surface area contributed by atoms with Crippen molar-refractivity contribution in [2.24, 2.45) is 5.92 Å². The Balaban J connectivity index is 4.80. The summed E-state index contributed by atoms with van der Waals surface area (Å²) in [5.74, 6) is 0.592. The average molecular weight is 517 g/mol. The van der Waals surface area contributed by atoms with Gasteiger partial charge in [0.2, 0.25) is 0 Å². The molecule has 0 aromatic carbocycles. The molecule has 0 aliphatic carbocycles. The van der Waals surface area contributed by atoms with E-state index in [-0.39, 0.29) is 0 Å². The molecule has 0 aliphatic rings. The molecule has 0 radical (unpaired) electrons. The summed E-state index contributed by atoms with van der Waals surface area (Å²) in [6.45, 7) is 17.0. The Kier molecular flexibility index (Phi) is 8.94. The van der Waals surface area contributed by atoms with Crippen LogP contribution in [0.5, 0.6) is 0 Å². The summed E-state index contributed by atoms with van der Waals surface area (Å²) in [7, 11) is -1.63. The molecule has 0 aromatic rings. The third-order valence-corrected chi connectivity index (χ3v) is 16.5. The molecule has 0 fully saturated rings. The first-order chi connectivity index (χ1) is 8.83. The van der Waals surface area contributed by atoms with Crippen LogP contribution in [-0.2, 0) is 4.43 Å². The van der Waals surface area contributed by atoms with E-state index in [0.29, 0.717) is 11.0 Å². The fourth-order valence-corrected chi connectivity index (χ4v) is 7.46. The molecular formula is C16H35IOSiSn. The van der Waals surface area contributed by atoms with Gasteiger partial charge < -0.3 is 0 Å². The van der Waals surface area contributed by atoms with Gasteiger partial charge in [0.05, 0.1) is 0 Å². The van der Waals surface area contributed by atoms with E-state index in [9.17, 15) is 0 Å². The molecular weight excluding hydrogens is 482 g/mol. The monoisotopic (exact) mass is 518 g/mol. The van der Waals surface area contributed by atoms with Gasteiger partial charge >= 0.3 is 147 Å². The van der Waals surface area contributed by atoms with Gasteiger partial charge in [-0.05, 0) is 0 Å². The van der Waals surface area contributed by atoms with Gasteiger partial charge in [-0.2, -0.15) is 0 Å². The van der Waals surface area contributed by atoms with Gasteiger partial charge in [-0.25, -0.2) is 0 Å². The van der Waals surface area contributed by atoms with Gasteiger partial charge in [0.15, 0.2) is 0 Å². The molecule has 0 spiro atoms. The minimum absolute atomic E-state index is 0.299. The molecule has 0 N–H and O–H groups in total. The van der Waals surface area contributed by atoms with Gasteiger partial charge in [0, 0.05) is 0 Å². The van der Waals surface area contributed by atoms with Crippen LogP contribution in [0.4, 0.5) is 0 Å². The van der Waals surface area contributed by atoms with Gasteiger partial charge in [-0.3, -0.25) is 0 Å². The van der Waals surface area contributed by atoms with Crippen molar-refractivity contribution < 1.29 is 4.43 Å². The zero-order valence-electron chi connectivity index (χ0n) is 14.9. The van der Waals surface area contributed by atoms with Crippen LogP contribution >= 0.6 is 22.6 Å². The van der Waals surface area contributed by atoms with E-state index in [1.54, 1.807) is 3.59 Å². The molecule has 4 heteroatoms. The molecule has 120 valence electrons. The number of halogens is 1. The third kappa shape index (κ3) is 7.14. The molecule has 0 amide bonds. The van der Waals surface area contributed by atoms with E-state index >= 15 is 0 Å². The van der Waals surface area contributed by atoms with Crippen molar-refractivity contribution in [3.63, 3.8) is 0 Å². The van der Waals surface area contributed by atoms with Crippen molar-refractivity contribution in [2.75, 3.05) is 11.0 Å². The second-order valence-corrected chi connectivity index (χ2v) is 28.9. The van der Waals surface area contributed by atoms with E-state index < -0.39 is 26.7 Å². The van der Waals surface area contributed by atoms with Gasteiger partial charge in [-0.15, -0.1) is 0 Å². The standard InChI is InChI=1S/C13H26IOSi.3CH3.Sn/c1-7-12(9-8-10-14)11-15-16(5,6)13(2,3)4;;;;/h12H,1,8-11H2,2-6H3;3*1H3;. The van der Waals surface area contributed by atoms with Crippen LogP contribution < -0.4 is 0 Å². The quantitative estimate of drug-likeness (QED) is 0.210. The van der Waals surface area contributed by atoms with Gasteiger partial charge in [0.1, 0.15) is 0 Å². The predicted molar refractivity (Wildman–Crippen MR) is 107 cm³/mol. The summed E-state index contributed by atoms with van der Waals surface area (Å²) in [5.41, 5.74) is 0. The van der Waals surface area contributed by atoms with E-state index in [2.05, 4.69) is 77.9 Å². The predicted octanol–water partition coefficient (Wildman–Crippen LogP) is 6.27. The molecule has 0 aromatic heterocycles. The van der Waals surface area contributed by atoms with Crippen LogP contribution in [0.2, 0.25) is 33.0 Å². The Morgan fingerprint density at radius 1 is 1.25 bits per heavy atom. The molecule has 20 heavy (non-hydrogen) atoms. The normalized spacial score (nSPS) is 15.2. The number of alkyl halides is 1. The number of hydrogen-bond acceptors (Lipinski definition) is 1. The summed E-state index contributed by atoms with van der Waals surface area (Å²) < 4.78 is 9.27. The SMILES string of the molecule is C=[C](C(CCCI)CO[Si](C)(C)C(C)(C)C)[Sn]([CH3])([CH3])[CH3]. The maximum absolute atomic E-state index is 6.48. The van der Waals surface area contributed by atoms with E-state index in [1.807, 2.05) is 0 Å². The molecule has 1 atom stereocenters. The Morgan fingerprint density at radius 3 is 2.10 bits per heavy atom. The van der Waals surface area contributed by atoms with E-state index in [1.165, 1.54) is 17.3 Å². The summed E-state index contributed by atoms with van der Waals surface area (Å²) in [6.07, 6.45) is 2.54. The maximum atomic E-state index is 6.48. The third-order valence-electron chi connectivity index (χ3n) is 4.59. The first-order valence-corrected chi connectivity index (χ1v) is 22.1. The minimum atomic E-state index is -2.02. The van der Waals surface area contributed by atoms with Gasteiger partial charge in [-0.1, -0.05) is 0 Å². The number of hydrogen-bond donors (Lipinski definition) is 0. The summed E-state index contributed by atoms with van der Waals surface area (Å²) in [5, 5.41) is 0.299. The van der Waals surface area contributed by atoms with Crippen LogP contribution in [-0.4, -0.2) is 37.7 Å². The molecule has 0 rings (SSSR count). The molecule has 0 saturated carbocycles. The molecule has 0 bridgehead atoms. The van der Waals surface area contributed by atoms with E-state index in [4.69, 9.17) is 4.43 Å². The molecule has 1 nitrogen and oxygen atoms in total. The summed E-state index contributed by atoms with van der Waals surface area (Å²) in [6, 6.07) is 0. The summed E-state index contributed by atoms with van der Waals surface area (Å²) >= 11 is 0.458. The topological polar surface area (TPSA) is 9.23 Å². The molecule has 0 heterocycles. The van der Waals surface area contributed by atoms with Crippen molar-refractivity contribution >= 4 is 49.3 Å². The zero-order chi connectivity index (χ0) is 16.2. The van der Waals surface area contributed by atoms with Gasteiger partial charge in [0.25, 0.3) is 0 Å². The fourth-order valence-electron chi connectivity index (χ4n) is 1.82. The summed E-state index contributed by atoms with van der Waals surface area (Å²) in [4.78, 5) is 7.42. The molecule has 0 saturated heterocycles. The van der Waals surface area contributed by atoms with Crippen LogP contribution in [0.25, 0.3) is 0 Å². The average Bonchev–Trinajstić information content (AvgIpc) is 2.25. The Hall–Kier alpha value is 1.45. The zero-order valence-corrected chi connectivity index (χ0v) is 20.9. The van der Waals surface area contributed by atoms with Crippen molar-refractivity contribution in [3.8, 4) is 0 Å². The van der Waals surface area contributed by atoms with Crippen molar-refractivity contribution in [3.05, 3.63) is 10.2 Å². The van der Waals surface area contributed by atoms with Crippen molar-refractivity contribution in [2.45, 2.75) is 66.6 Å². The van der Waals surface area contributed by atoms with Crippen LogP contribution in [0.3, 0.4) is 0 Å². The first-order valence-electron chi connectivity index (χ1n) is 7.72. The fraction of sp³-hybridized carbons (Fsp3) is 0.875. The van der Waals surface area contributed by atoms with Crippen molar-refractivity contribution in [1.82, 2.24) is 0 Å². The Morgan fingerprint density at radius 2 is 1.75 bits per heavy atom. The van der Waals surface area contributed by atoms with Crippen molar-refractivity contribution in [1.29, 1.82) is 0 Å².